The van der Waals surface area contributed by atoms with Gasteiger partial charge in [-0.3, -0.25) is 4.79 Å². The molecule has 2 aromatic rings. The van der Waals surface area contributed by atoms with Crippen molar-refractivity contribution in [3.8, 4) is 11.5 Å². The van der Waals surface area contributed by atoms with Crippen LogP contribution in [-0.4, -0.2) is 29.8 Å². The molecule has 0 aromatic heterocycles. The van der Waals surface area contributed by atoms with Crippen LogP contribution < -0.4 is 14.4 Å². The number of aliphatic hydroxyl groups excluding tert-OH is 1. The maximum absolute atomic E-state index is 12.5. The predicted octanol–water partition coefficient (Wildman–Crippen LogP) is 4.67. The van der Waals surface area contributed by atoms with Gasteiger partial charge in [-0.15, -0.1) is 26.3 Å². The Morgan fingerprint density at radius 2 is 1.62 bits per heavy atom. The molecule has 0 bridgehead atoms. The van der Waals surface area contributed by atoms with Gasteiger partial charge in [0, 0.05) is 11.6 Å². The lowest BCUT2D eigenvalue weighted by molar-refractivity contribution is -0.287. The standard InChI is InChI=1S/C19H11F6NO6/c20-18(21,22)31-13-7-5-10(9-14(13)32-19(23,24)25)6-8-15(27)26-12-4-2-1-3-11(12)16(28)30-17(26)29/h1-9,16,28H. The summed E-state index contributed by atoms with van der Waals surface area (Å²) in [4.78, 5) is 25.1. The van der Waals surface area contributed by atoms with Crippen LogP contribution in [0.4, 0.5) is 36.8 Å². The molecule has 13 heteroatoms. The highest BCUT2D eigenvalue weighted by Crippen LogP contribution is 2.37. The van der Waals surface area contributed by atoms with Crippen LogP contribution in [0.1, 0.15) is 17.4 Å². The molecule has 0 saturated heterocycles. The maximum atomic E-state index is 12.5. The third-order valence-corrected chi connectivity index (χ3v) is 3.90. The number of aliphatic hydroxyl groups is 1. The SMILES string of the molecule is O=C(C=Cc1ccc(OC(F)(F)F)c(OC(F)(F)F)c1)N1C(=O)OC(O)c2ccccc21. The van der Waals surface area contributed by atoms with Gasteiger partial charge in [-0.25, -0.2) is 9.69 Å². The minimum atomic E-state index is -5.32. The van der Waals surface area contributed by atoms with Crippen molar-refractivity contribution < 1.29 is 55.2 Å². The number of imide groups is 1. The van der Waals surface area contributed by atoms with Crippen molar-refractivity contribution in [3.05, 3.63) is 59.7 Å². The van der Waals surface area contributed by atoms with Gasteiger partial charge in [0.15, 0.2) is 11.5 Å². The van der Waals surface area contributed by atoms with Gasteiger partial charge in [-0.2, -0.15) is 0 Å². The van der Waals surface area contributed by atoms with Gasteiger partial charge in [0.05, 0.1) is 5.69 Å². The molecule has 7 nitrogen and oxygen atoms in total. The van der Waals surface area contributed by atoms with Crippen LogP contribution in [0.25, 0.3) is 6.08 Å². The normalized spacial score (nSPS) is 16.5. The quantitative estimate of drug-likeness (QED) is 0.524. The van der Waals surface area contributed by atoms with Gasteiger partial charge in [0.2, 0.25) is 6.29 Å². The molecule has 0 aliphatic carbocycles. The number of anilines is 1. The number of hydrogen-bond acceptors (Lipinski definition) is 6. The zero-order valence-corrected chi connectivity index (χ0v) is 15.5. The molecule has 2 amide bonds. The molecule has 0 spiro atoms. The first-order chi connectivity index (χ1) is 14.8. The molecule has 0 fully saturated rings. The number of nitrogens with zero attached hydrogens (tertiary/aromatic N) is 1. The Balaban J connectivity index is 1.89. The van der Waals surface area contributed by atoms with E-state index in [9.17, 15) is 41.0 Å². The first-order valence-electron chi connectivity index (χ1n) is 8.49. The Hall–Kier alpha value is -3.74. The summed E-state index contributed by atoms with van der Waals surface area (Å²) in [6, 6.07) is 7.81. The lowest BCUT2D eigenvalue weighted by Gasteiger charge is -2.29. The highest BCUT2D eigenvalue weighted by Gasteiger charge is 2.37. The number of amides is 2. The Morgan fingerprint density at radius 3 is 2.28 bits per heavy atom. The topological polar surface area (TPSA) is 85.3 Å². The molecule has 0 saturated carbocycles. The van der Waals surface area contributed by atoms with Crippen LogP contribution in [0.2, 0.25) is 0 Å². The molecule has 1 aliphatic rings. The van der Waals surface area contributed by atoms with Crippen molar-refractivity contribution in [2.45, 2.75) is 19.0 Å². The lowest BCUT2D eigenvalue weighted by atomic mass is 10.1. The maximum Gasteiger partial charge on any atom is 0.573 e. The number of carbonyl (C=O) groups is 2. The molecule has 1 N–H and O–H groups in total. The second-order valence-corrected chi connectivity index (χ2v) is 6.10. The average Bonchev–Trinajstić information content (AvgIpc) is 2.66. The number of ether oxygens (including phenoxy) is 3. The van der Waals surface area contributed by atoms with Gasteiger partial charge < -0.3 is 19.3 Å². The molecule has 1 atom stereocenters. The van der Waals surface area contributed by atoms with E-state index < -0.39 is 42.5 Å². The summed E-state index contributed by atoms with van der Waals surface area (Å²) < 4.78 is 86.6. The van der Waals surface area contributed by atoms with Gasteiger partial charge in [-0.05, 0) is 29.8 Å². The van der Waals surface area contributed by atoms with Gasteiger partial charge >= 0.3 is 18.8 Å². The fraction of sp³-hybridized carbons (Fsp3) is 0.158. The number of rotatable bonds is 4. The van der Waals surface area contributed by atoms with Gasteiger partial charge in [0.1, 0.15) is 0 Å². The van der Waals surface area contributed by atoms with E-state index in [0.29, 0.717) is 17.0 Å². The number of benzene rings is 2. The van der Waals surface area contributed by atoms with Crippen molar-refractivity contribution in [2.75, 3.05) is 4.90 Å². The summed E-state index contributed by atoms with van der Waals surface area (Å²) in [5, 5.41) is 9.77. The zero-order chi connectivity index (χ0) is 23.7. The van der Waals surface area contributed by atoms with Crippen molar-refractivity contribution in [2.24, 2.45) is 0 Å². The molecule has 3 rings (SSSR count). The van der Waals surface area contributed by atoms with E-state index in [1.807, 2.05) is 0 Å². The Morgan fingerprint density at radius 1 is 1.00 bits per heavy atom. The summed E-state index contributed by atoms with van der Waals surface area (Å²) in [6.45, 7) is 0. The molecular formula is C19H11F6NO6. The van der Waals surface area contributed by atoms with Crippen LogP contribution in [0, 0.1) is 0 Å². The first kappa shape index (κ1) is 22.9. The minimum Gasteiger partial charge on any atom is -0.415 e. The molecule has 1 heterocycles. The van der Waals surface area contributed by atoms with E-state index in [1.165, 1.54) is 24.3 Å². The van der Waals surface area contributed by atoms with Crippen molar-refractivity contribution in [1.82, 2.24) is 0 Å². The van der Waals surface area contributed by atoms with E-state index in [1.54, 1.807) is 0 Å². The number of halogens is 6. The lowest BCUT2D eigenvalue weighted by Crippen LogP contribution is -2.41. The molecule has 0 radical (unpaired) electrons. The average molecular weight is 463 g/mol. The summed E-state index contributed by atoms with van der Waals surface area (Å²) in [5.41, 5.74) is -0.0462. The van der Waals surface area contributed by atoms with Gasteiger partial charge in [-0.1, -0.05) is 24.3 Å². The first-order valence-corrected chi connectivity index (χ1v) is 8.49. The van der Waals surface area contributed by atoms with Crippen LogP contribution in [-0.2, 0) is 9.53 Å². The molecule has 32 heavy (non-hydrogen) atoms. The van der Waals surface area contributed by atoms with Crippen molar-refractivity contribution >= 4 is 23.8 Å². The van der Waals surface area contributed by atoms with Crippen LogP contribution >= 0.6 is 0 Å². The van der Waals surface area contributed by atoms with Crippen LogP contribution in [0.15, 0.2) is 48.5 Å². The molecule has 1 unspecified atom stereocenters. The zero-order valence-electron chi connectivity index (χ0n) is 15.5. The molecule has 1 aliphatic heterocycles. The highest BCUT2D eigenvalue weighted by atomic mass is 19.4. The van der Waals surface area contributed by atoms with Gasteiger partial charge in [0.25, 0.3) is 5.91 Å². The number of fused-ring (bicyclic) bond motifs is 1. The Kier molecular flexibility index (Phi) is 6.03. The second-order valence-electron chi connectivity index (χ2n) is 6.10. The van der Waals surface area contributed by atoms with E-state index >= 15 is 0 Å². The highest BCUT2D eigenvalue weighted by molar-refractivity contribution is 6.18. The summed E-state index contributed by atoms with van der Waals surface area (Å²) in [6.07, 6.45) is -11.7. The largest absolute Gasteiger partial charge is 0.573 e. The summed E-state index contributed by atoms with van der Waals surface area (Å²) >= 11 is 0. The fourth-order valence-corrected chi connectivity index (χ4v) is 2.70. The fourth-order valence-electron chi connectivity index (χ4n) is 2.70. The molecular weight excluding hydrogens is 452 g/mol. The number of carbonyl (C=O) groups excluding carboxylic acids is 2. The molecule has 170 valence electrons. The van der Waals surface area contributed by atoms with E-state index in [0.717, 1.165) is 18.2 Å². The number of para-hydroxylation sites is 1. The predicted molar refractivity (Wildman–Crippen MR) is 94.2 cm³/mol. The van der Waals surface area contributed by atoms with Crippen molar-refractivity contribution in [3.63, 3.8) is 0 Å². The Labute approximate surface area is 175 Å². The monoisotopic (exact) mass is 463 g/mol. The van der Waals surface area contributed by atoms with E-state index in [4.69, 9.17) is 0 Å². The third-order valence-electron chi connectivity index (χ3n) is 3.90. The summed E-state index contributed by atoms with van der Waals surface area (Å²) in [5.74, 6) is -3.54. The minimum absolute atomic E-state index is 0.0147. The number of alkyl halides is 6. The third kappa shape index (κ3) is 5.49. The van der Waals surface area contributed by atoms with E-state index in [-0.39, 0.29) is 16.8 Å². The molecule has 2 aromatic carbocycles. The van der Waals surface area contributed by atoms with Crippen molar-refractivity contribution in [1.29, 1.82) is 0 Å². The smallest absolute Gasteiger partial charge is 0.415 e. The second kappa shape index (κ2) is 8.42. The van der Waals surface area contributed by atoms with Crippen LogP contribution in [0.5, 0.6) is 11.5 Å². The number of hydrogen-bond donors (Lipinski definition) is 1. The van der Waals surface area contributed by atoms with E-state index in [2.05, 4.69) is 14.2 Å². The Bertz CT molecular complexity index is 1070. The summed E-state index contributed by atoms with van der Waals surface area (Å²) in [7, 11) is 0. The van der Waals surface area contributed by atoms with Crippen LogP contribution in [0.3, 0.4) is 0 Å². The number of cyclic esters (lactones) is 1.